The number of amides is 1. The SMILES string of the molecule is CNS(=O)(=O)c1ccc(C(=O)NCCCl)o1. The minimum Gasteiger partial charge on any atom is -0.438 e. The van der Waals surface area contributed by atoms with Gasteiger partial charge in [0.05, 0.1) is 0 Å². The molecule has 0 fully saturated rings. The van der Waals surface area contributed by atoms with Crippen molar-refractivity contribution in [2.45, 2.75) is 5.09 Å². The van der Waals surface area contributed by atoms with E-state index >= 15 is 0 Å². The summed E-state index contributed by atoms with van der Waals surface area (Å²) in [5.74, 6) is -0.300. The number of rotatable bonds is 5. The van der Waals surface area contributed by atoms with Gasteiger partial charge in [0.2, 0.25) is 5.09 Å². The molecular weight excluding hydrogens is 256 g/mol. The van der Waals surface area contributed by atoms with E-state index < -0.39 is 15.9 Å². The second-order valence-corrected chi connectivity index (χ2v) is 4.97. The first-order valence-electron chi connectivity index (χ1n) is 4.39. The Labute approximate surface area is 98.0 Å². The van der Waals surface area contributed by atoms with Crippen LogP contribution in [0, 0.1) is 0 Å². The highest BCUT2D eigenvalue weighted by molar-refractivity contribution is 7.89. The number of hydrogen-bond acceptors (Lipinski definition) is 4. The molecule has 1 amide bonds. The Kier molecular flexibility index (Phi) is 4.34. The summed E-state index contributed by atoms with van der Waals surface area (Å²) in [6.07, 6.45) is 0. The molecule has 0 atom stereocenters. The van der Waals surface area contributed by atoms with Crippen LogP contribution in [0.15, 0.2) is 21.6 Å². The van der Waals surface area contributed by atoms with Crippen LogP contribution in [-0.2, 0) is 10.0 Å². The zero-order valence-electron chi connectivity index (χ0n) is 8.49. The van der Waals surface area contributed by atoms with E-state index in [1.165, 1.54) is 19.2 Å². The topological polar surface area (TPSA) is 88.4 Å². The van der Waals surface area contributed by atoms with Crippen LogP contribution in [0.25, 0.3) is 0 Å². The summed E-state index contributed by atoms with van der Waals surface area (Å²) in [6.45, 7) is 0.287. The fourth-order valence-corrected chi connectivity index (χ4v) is 1.68. The molecule has 6 nitrogen and oxygen atoms in total. The van der Waals surface area contributed by atoms with E-state index in [-0.39, 0.29) is 23.3 Å². The largest absolute Gasteiger partial charge is 0.438 e. The van der Waals surface area contributed by atoms with E-state index in [1.807, 2.05) is 0 Å². The molecule has 0 saturated carbocycles. The van der Waals surface area contributed by atoms with Crippen LogP contribution in [0.3, 0.4) is 0 Å². The Hall–Kier alpha value is -1.05. The molecule has 1 rings (SSSR count). The smallest absolute Gasteiger partial charge is 0.287 e. The van der Waals surface area contributed by atoms with Crippen molar-refractivity contribution in [1.29, 1.82) is 0 Å². The van der Waals surface area contributed by atoms with Gasteiger partial charge in [-0.1, -0.05) is 0 Å². The van der Waals surface area contributed by atoms with Gasteiger partial charge < -0.3 is 9.73 Å². The van der Waals surface area contributed by atoms with Crippen molar-refractivity contribution in [2.24, 2.45) is 0 Å². The predicted molar refractivity (Wildman–Crippen MR) is 58.0 cm³/mol. The molecule has 0 spiro atoms. The maximum atomic E-state index is 11.4. The van der Waals surface area contributed by atoms with Gasteiger partial charge in [-0.05, 0) is 19.2 Å². The molecule has 8 heteroatoms. The summed E-state index contributed by atoms with van der Waals surface area (Å²) in [5.41, 5.74) is 0. The summed E-state index contributed by atoms with van der Waals surface area (Å²) in [5, 5.41) is 2.15. The number of furan rings is 1. The standard InChI is InChI=1S/C8H11ClN2O4S/c1-10-16(13,14)7-3-2-6(15-7)8(12)11-5-4-9/h2-3,10H,4-5H2,1H3,(H,11,12). The van der Waals surface area contributed by atoms with Gasteiger partial charge in [-0.3, -0.25) is 4.79 Å². The van der Waals surface area contributed by atoms with Gasteiger partial charge >= 0.3 is 0 Å². The summed E-state index contributed by atoms with van der Waals surface area (Å²) in [4.78, 5) is 11.4. The van der Waals surface area contributed by atoms with Crippen LogP contribution in [0.2, 0.25) is 0 Å². The molecule has 90 valence electrons. The fraction of sp³-hybridized carbons (Fsp3) is 0.375. The predicted octanol–water partition coefficient (Wildman–Crippen LogP) is 0.156. The second kappa shape index (κ2) is 5.33. The van der Waals surface area contributed by atoms with Crippen LogP contribution >= 0.6 is 11.6 Å². The maximum Gasteiger partial charge on any atom is 0.287 e. The number of nitrogens with one attached hydrogen (secondary N) is 2. The minimum atomic E-state index is -3.65. The molecule has 0 aromatic carbocycles. The normalized spacial score (nSPS) is 11.4. The molecule has 2 N–H and O–H groups in total. The molecular formula is C8H11ClN2O4S. The molecule has 0 aliphatic rings. The molecule has 0 bridgehead atoms. The highest BCUT2D eigenvalue weighted by atomic mass is 35.5. The van der Waals surface area contributed by atoms with E-state index in [4.69, 9.17) is 16.0 Å². The molecule has 1 aromatic rings. The summed E-state index contributed by atoms with van der Waals surface area (Å²) >= 11 is 5.38. The lowest BCUT2D eigenvalue weighted by molar-refractivity contribution is 0.0923. The van der Waals surface area contributed by atoms with Gasteiger partial charge in [-0.25, -0.2) is 13.1 Å². The van der Waals surface area contributed by atoms with E-state index in [1.54, 1.807) is 0 Å². The average Bonchev–Trinajstić information content (AvgIpc) is 2.75. The Morgan fingerprint density at radius 3 is 2.75 bits per heavy atom. The Bertz CT molecular complexity index is 468. The zero-order valence-corrected chi connectivity index (χ0v) is 10.1. The number of alkyl halides is 1. The highest BCUT2D eigenvalue weighted by Crippen LogP contribution is 2.13. The van der Waals surface area contributed by atoms with Gasteiger partial charge in [0, 0.05) is 12.4 Å². The monoisotopic (exact) mass is 266 g/mol. The van der Waals surface area contributed by atoms with Gasteiger partial charge in [0.25, 0.3) is 15.9 Å². The van der Waals surface area contributed by atoms with Crippen molar-refractivity contribution in [3.05, 3.63) is 17.9 Å². The van der Waals surface area contributed by atoms with Crippen LogP contribution in [0.1, 0.15) is 10.6 Å². The Morgan fingerprint density at radius 2 is 2.19 bits per heavy atom. The third-order valence-corrected chi connectivity index (χ3v) is 3.19. The highest BCUT2D eigenvalue weighted by Gasteiger charge is 2.19. The van der Waals surface area contributed by atoms with Crippen molar-refractivity contribution >= 4 is 27.5 Å². The molecule has 0 saturated heterocycles. The van der Waals surface area contributed by atoms with Gasteiger partial charge in [-0.2, -0.15) is 0 Å². The lowest BCUT2D eigenvalue weighted by Crippen LogP contribution is -2.24. The maximum absolute atomic E-state index is 11.4. The van der Waals surface area contributed by atoms with Crippen molar-refractivity contribution in [2.75, 3.05) is 19.5 Å². The first-order chi connectivity index (χ1) is 7.51. The second-order valence-electron chi connectivity index (χ2n) is 2.77. The summed E-state index contributed by atoms with van der Waals surface area (Å²) < 4.78 is 29.6. The number of carbonyl (C=O) groups excluding carboxylic acids is 1. The van der Waals surface area contributed by atoms with Crippen molar-refractivity contribution in [3.8, 4) is 0 Å². The molecule has 1 aromatic heterocycles. The fourth-order valence-electron chi connectivity index (χ4n) is 0.935. The molecule has 0 aliphatic heterocycles. The van der Waals surface area contributed by atoms with E-state index in [9.17, 15) is 13.2 Å². The molecule has 16 heavy (non-hydrogen) atoms. The van der Waals surface area contributed by atoms with Crippen LogP contribution in [0.5, 0.6) is 0 Å². The number of halogens is 1. The van der Waals surface area contributed by atoms with Gasteiger partial charge in [0.1, 0.15) is 0 Å². The van der Waals surface area contributed by atoms with Crippen LogP contribution < -0.4 is 10.0 Å². The first kappa shape index (κ1) is 13.0. The van der Waals surface area contributed by atoms with Crippen molar-refractivity contribution in [3.63, 3.8) is 0 Å². The van der Waals surface area contributed by atoms with Crippen molar-refractivity contribution in [1.82, 2.24) is 10.0 Å². The van der Waals surface area contributed by atoms with E-state index in [2.05, 4.69) is 10.0 Å². The van der Waals surface area contributed by atoms with Crippen LogP contribution in [-0.4, -0.2) is 33.8 Å². The Balaban J connectivity index is 2.83. The quantitative estimate of drug-likeness (QED) is 0.743. The summed E-state index contributed by atoms with van der Waals surface area (Å²) in [7, 11) is -2.40. The van der Waals surface area contributed by atoms with Gasteiger partial charge in [-0.15, -0.1) is 11.6 Å². The third-order valence-electron chi connectivity index (χ3n) is 1.72. The lowest BCUT2D eigenvalue weighted by atomic mass is 10.4. The zero-order chi connectivity index (χ0) is 12.2. The number of sulfonamides is 1. The number of carbonyl (C=O) groups is 1. The first-order valence-corrected chi connectivity index (χ1v) is 6.40. The molecule has 0 radical (unpaired) electrons. The molecule has 1 heterocycles. The van der Waals surface area contributed by atoms with Gasteiger partial charge in [0.15, 0.2) is 5.76 Å². The lowest BCUT2D eigenvalue weighted by Gasteiger charge is -1.99. The molecule has 0 unspecified atom stereocenters. The van der Waals surface area contributed by atoms with E-state index in [0.29, 0.717) is 0 Å². The summed E-state index contributed by atoms with van der Waals surface area (Å²) in [6, 6.07) is 2.50. The van der Waals surface area contributed by atoms with Crippen LogP contribution in [0.4, 0.5) is 0 Å². The van der Waals surface area contributed by atoms with E-state index in [0.717, 1.165) is 0 Å². The average molecular weight is 267 g/mol. The molecule has 0 aliphatic carbocycles. The van der Waals surface area contributed by atoms with Crippen molar-refractivity contribution < 1.29 is 17.6 Å². The minimum absolute atomic E-state index is 0.0704. The Morgan fingerprint density at radius 1 is 1.50 bits per heavy atom. The number of hydrogen-bond donors (Lipinski definition) is 2. The third kappa shape index (κ3) is 2.97.